The van der Waals surface area contributed by atoms with Crippen LogP contribution in [-0.4, -0.2) is 40.5 Å². The summed E-state index contributed by atoms with van der Waals surface area (Å²) in [7, 11) is 0. The Balaban J connectivity index is 2.29. The van der Waals surface area contributed by atoms with E-state index in [4.69, 9.17) is 5.11 Å². The van der Waals surface area contributed by atoms with E-state index in [0.29, 0.717) is 18.5 Å². The fourth-order valence-corrected chi connectivity index (χ4v) is 3.36. The molecule has 1 aliphatic heterocycles. The number of nitrogens with one attached hydrogen (secondary N) is 1. The lowest BCUT2D eigenvalue weighted by atomic mass is 9.88. The van der Waals surface area contributed by atoms with E-state index in [-0.39, 0.29) is 17.7 Å². The second-order valence-corrected chi connectivity index (χ2v) is 6.67. The topological polar surface area (TPSA) is 113 Å². The van der Waals surface area contributed by atoms with Gasteiger partial charge in [0.05, 0.1) is 16.9 Å². The molecule has 2 N–H and O–H groups in total. The molecule has 0 saturated carbocycles. The van der Waals surface area contributed by atoms with Crippen molar-refractivity contribution in [3.8, 4) is 0 Å². The summed E-state index contributed by atoms with van der Waals surface area (Å²) in [4.78, 5) is 36.7. The van der Waals surface area contributed by atoms with E-state index < -0.39 is 22.3 Å². The minimum absolute atomic E-state index is 0.101. The molecule has 0 bridgehead atoms. The van der Waals surface area contributed by atoms with Crippen molar-refractivity contribution in [2.75, 3.05) is 18.0 Å². The van der Waals surface area contributed by atoms with Gasteiger partial charge in [-0.2, -0.15) is 0 Å². The molecule has 8 nitrogen and oxygen atoms in total. The first-order valence-electron chi connectivity index (χ1n) is 8.89. The Morgan fingerprint density at radius 3 is 2.38 bits per heavy atom. The van der Waals surface area contributed by atoms with Crippen molar-refractivity contribution in [2.45, 2.75) is 51.5 Å². The van der Waals surface area contributed by atoms with Gasteiger partial charge in [-0.3, -0.25) is 19.7 Å². The van der Waals surface area contributed by atoms with Gasteiger partial charge in [0, 0.05) is 24.7 Å². The summed E-state index contributed by atoms with van der Waals surface area (Å²) in [6.07, 6.45) is 2.69. The zero-order valence-corrected chi connectivity index (χ0v) is 15.2. The Kier molecular flexibility index (Phi) is 6.18. The van der Waals surface area contributed by atoms with Crippen molar-refractivity contribution in [1.82, 2.24) is 5.32 Å². The second-order valence-electron chi connectivity index (χ2n) is 6.67. The minimum atomic E-state index is -0.996. The number of carbonyl (C=O) groups is 2. The zero-order chi connectivity index (χ0) is 19.3. The predicted molar refractivity (Wildman–Crippen MR) is 97.6 cm³/mol. The van der Waals surface area contributed by atoms with Crippen molar-refractivity contribution < 1.29 is 19.6 Å². The van der Waals surface area contributed by atoms with E-state index >= 15 is 0 Å². The standard InChI is InChI=1S/C18H25N3O5/c1-3-18(4-2,12-16(22)23)19-17(24)13-7-8-14(15(11-13)21(25)26)20-9-5-6-10-20/h7-8,11H,3-6,9-10,12H2,1-2H3,(H,19,24)(H,22,23). The van der Waals surface area contributed by atoms with Crippen LogP contribution < -0.4 is 10.2 Å². The maximum Gasteiger partial charge on any atom is 0.305 e. The first-order valence-corrected chi connectivity index (χ1v) is 8.89. The Morgan fingerprint density at radius 2 is 1.88 bits per heavy atom. The molecule has 0 atom stereocenters. The Morgan fingerprint density at radius 1 is 1.27 bits per heavy atom. The average Bonchev–Trinajstić information content (AvgIpc) is 3.14. The molecular formula is C18H25N3O5. The maximum atomic E-state index is 12.6. The quantitative estimate of drug-likeness (QED) is 0.542. The van der Waals surface area contributed by atoms with Crippen LogP contribution in [0.1, 0.15) is 56.3 Å². The molecule has 1 saturated heterocycles. The molecule has 0 unspecified atom stereocenters. The molecule has 0 radical (unpaired) electrons. The number of anilines is 1. The lowest BCUT2D eigenvalue weighted by molar-refractivity contribution is -0.384. The van der Waals surface area contributed by atoms with Crippen LogP contribution in [-0.2, 0) is 4.79 Å². The highest BCUT2D eigenvalue weighted by atomic mass is 16.6. The van der Waals surface area contributed by atoms with Gasteiger partial charge in [-0.1, -0.05) is 13.8 Å². The molecule has 0 aliphatic carbocycles. The van der Waals surface area contributed by atoms with Crippen LogP contribution in [0, 0.1) is 10.1 Å². The number of nitro groups is 1. The summed E-state index contributed by atoms with van der Waals surface area (Å²) in [5.74, 6) is -1.49. The van der Waals surface area contributed by atoms with E-state index in [2.05, 4.69) is 5.32 Å². The number of carboxylic acid groups (broad SMARTS) is 1. The number of benzene rings is 1. The molecule has 0 aromatic heterocycles. The van der Waals surface area contributed by atoms with Gasteiger partial charge >= 0.3 is 5.97 Å². The minimum Gasteiger partial charge on any atom is -0.481 e. The molecule has 8 heteroatoms. The molecule has 0 spiro atoms. The van der Waals surface area contributed by atoms with Crippen LogP contribution in [0.3, 0.4) is 0 Å². The third-order valence-corrected chi connectivity index (χ3v) is 5.10. The zero-order valence-electron chi connectivity index (χ0n) is 15.2. The molecule has 1 aliphatic rings. The van der Waals surface area contributed by atoms with Gasteiger partial charge in [-0.15, -0.1) is 0 Å². The predicted octanol–water partition coefficient (Wildman–Crippen LogP) is 2.96. The number of hydrogen-bond acceptors (Lipinski definition) is 5. The molecule has 1 heterocycles. The smallest absolute Gasteiger partial charge is 0.305 e. The van der Waals surface area contributed by atoms with Crippen LogP contribution in [0.15, 0.2) is 18.2 Å². The number of amides is 1. The monoisotopic (exact) mass is 363 g/mol. The third-order valence-electron chi connectivity index (χ3n) is 5.10. The van der Waals surface area contributed by atoms with Crippen LogP contribution in [0.5, 0.6) is 0 Å². The molecule has 142 valence electrons. The van der Waals surface area contributed by atoms with E-state index in [1.54, 1.807) is 12.1 Å². The molecule has 26 heavy (non-hydrogen) atoms. The average molecular weight is 363 g/mol. The van der Waals surface area contributed by atoms with Gasteiger partial charge in [0.2, 0.25) is 0 Å². The van der Waals surface area contributed by atoms with Gasteiger partial charge in [0.25, 0.3) is 11.6 Å². The summed E-state index contributed by atoms with van der Waals surface area (Å²) in [6.45, 7) is 5.15. The van der Waals surface area contributed by atoms with Crippen molar-refractivity contribution in [3.05, 3.63) is 33.9 Å². The van der Waals surface area contributed by atoms with Gasteiger partial charge in [-0.25, -0.2) is 0 Å². The van der Waals surface area contributed by atoms with Crippen molar-refractivity contribution in [3.63, 3.8) is 0 Å². The summed E-state index contributed by atoms with van der Waals surface area (Å²) >= 11 is 0. The highest BCUT2D eigenvalue weighted by molar-refractivity contribution is 5.96. The Hall–Kier alpha value is -2.64. The normalized spacial score (nSPS) is 14.3. The van der Waals surface area contributed by atoms with E-state index in [0.717, 1.165) is 25.9 Å². The van der Waals surface area contributed by atoms with Crippen LogP contribution >= 0.6 is 0 Å². The SMILES string of the molecule is CCC(CC)(CC(=O)O)NC(=O)c1ccc(N2CCCC2)c([N+](=O)[O-])c1. The Bertz CT molecular complexity index is 694. The summed E-state index contributed by atoms with van der Waals surface area (Å²) < 4.78 is 0. The highest BCUT2D eigenvalue weighted by Gasteiger charge is 2.32. The molecular weight excluding hydrogens is 338 g/mol. The van der Waals surface area contributed by atoms with Crippen molar-refractivity contribution in [2.24, 2.45) is 0 Å². The second kappa shape index (κ2) is 8.16. The van der Waals surface area contributed by atoms with Gasteiger partial charge < -0.3 is 15.3 Å². The molecule has 1 amide bonds. The first-order chi connectivity index (χ1) is 12.3. The first kappa shape index (κ1) is 19.7. The number of hydrogen-bond donors (Lipinski definition) is 2. The van der Waals surface area contributed by atoms with Crippen molar-refractivity contribution in [1.29, 1.82) is 0 Å². The van der Waals surface area contributed by atoms with E-state index in [1.165, 1.54) is 6.07 Å². The van der Waals surface area contributed by atoms with Crippen LogP contribution in [0.2, 0.25) is 0 Å². The summed E-state index contributed by atoms with van der Waals surface area (Å²) in [5, 5.41) is 23.4. The van der Waals surface area contributed by atoms with Gasteiger partial charge in [-0.05, 0) is 37.8 Å². The third kappa shape index (κ3) is 4.30. The van der Waals surface area contributed by atoms with Gasteiger partial charge in [0.15, 0.2) is 0 Å². The van der Waals surface area contributed by atoms with Crippen LogP contribution in [0.4, 0.5) is 11.4 Å². The largest absolute Gasteiger partial charge is 0.481 e. The van der Waals surface area contributed by atoms with E-state index in [9.17, 15) is 19.7 Å². The molecule has 1 aromatic carbocycles. The van der Waals surface area contributed by atoms with Crippen LogP contribution in [0.25, 0.3) is 0 Å². The lowest BCUT2D eigenvalue weighted by Crippen LogP contribution is -2.49. The molecule has 1 aromatic rings. The summed E-state index contributed by atoms with van der Waals surface area (Å²) in [5.41, 5.74) is -0.287. The van der Waals surface area contributed by atoms with Gasteiger partial charge in [0.1, 0.15) is 5.69 Å². The van der Waals surface area contributed by atoms with Crippen molar-refractivity contribution >= 4 is 23.3 Å². The maximum absolute atomic E-state index is 12.6. The molecule has 1 fully saturated rings. The fourth-order valence-electron chi connectivity index (χ4n) is 3.36. The highest BCUT2D eigenvalue weighted by Crippen LogP contribution is 2.32. The molecule has 2 rings (SSSR count). The summed E-state index contributed by atoms with van der Waals surface area (Å²) in [6, 6.07) is 4.45. The number of aliphatic carboxylic acids is 1. The lowest BCUT2D eigenvalue weighted by Gasteiger charge is -2.31. The van der Waals surface area contributed by atoms with E-state index in [1.807, 2.05) is 18.7 Å². The number of carboxylic acids is 1. The number of carbonyl (C=O) groups excluding carboxylic acids is 1. The number of rotatable bonds is 8. The number of nitro benzene ring substituents is 1. The number of nitrogens with zero attached hydrogens (tertiary/aromatic N) is 2. The Labute approximate surface area is 152 Å². The fraction of sp³-hybridized carbons (Fsp3) is 0.556.